The Hall–Kier alpha value is -0.840. The normalized spacial score (nSPS) is 48.5. The van der Waals surface area contributed by atoms with Gasteiger partial charge in [-0.2, -0.15) is 16.8 Å². The van der Waals surface area contributed by atoms with Gasteiger partial charge in [0.2, 0.25) is 20.0 Å². The Morgan fingerprint density at radius 2 is 0.619 bits per heavy atom. The number of fused-ring (bicyclic) bond motifs is 20. The largest absolute Gasteiger partial charge is 0.293 e. The molecule has 4 N–H and O–H groups in total. The van der Waals surface area contributed by atoms with Crippen LogP contribution in [-0.2, 0) is 40.3 Å². The Balaban J connectivity index is 0.774. The molecule has 26 atom stereocenters. The molecule has 4 bridgehead atoms. The summed E-state index contributed by atoms with van der Waals surface area (Å²) in [6.07, 6.45) is 3.94. The molecular weight excluding hydrogens is 1160 g/mol. The van der Waals surface area contributed by atoms with Crippen LogP contribution in [0.4, 0.5) is 0 Å². The molecule has 13 fully saturated rings. The van der Waals surface area contributed by atoms with Crippen LogP contribution in [0.2, 0.25) is 0 Å². The molecule has 26 unspecified atom stereocenters. The first-order valence-electron chi connectivity index (χ1n) is 32.4. The summed E-state index contributed by atoms with van der Waals surface area (Å²) >= 11 is 0. The van der Waals surface area contributed by atoms with E-state index in [2.05, 4.69) is 124 Å². The molecular formula is C56H102N14O10S4. The zero-order valence-corrected chi connectivity index (χ0v) is 54.5. The first-order chi connectivity index (χ1) is 39.8. The Labute approximate surface area is 503 Å². The molecule has 480 valence electrons. The fraction of sp³-hybridized carbons (Fsp3) is 1.00. The molecule has 0 amide bonds. The Morgan fingerprint density at radius 3 is 0.881 bits per heavy atom. The molecule has 13 aliphatic rings. The summed E-state index contributed by atoms with van der Waals surface area (Å²) in [6.45, 7) is 21.0. The highest BCUT2D eigenvalue weighted by Crippen LogP contribution is 2.53. The lowest BCUT2D eigenvalue weighted by Gasteiger charge is -2.66. The summed E-state index contributed by atoms with van der Waals surface area (Å²) in [5.41, 5.74) is 0. The summed E-state index contributed by atoms with van der Waals surface area (Å²) < 4.78 is 146. The molecule has 0 spiro atoms. The van der Waals surface area contributed by atoms with Crippen LogP contribution in [0.25, 0.3) is 0 Å². The van der Waals surface area contributed by atoms with E-state index >= 15 is 16.8 Å². The molecule has 5 aliphatic carbocycles. The first-order valence-corrected chi connectivity index (χ1v) is 38.5. The third-order valence-corrected chi connectivity index (χ3v) is 30.7. The minimum Gasteiger partial charge on any atom is -0.293 e. The summed E-state index contributed by atoms with van der Waals surface area (Å²) in [6, 6.07) is -2.02. The highest BCUT2D eigenvalue weighted by molar-refractivity contribution is 7.90. The topological polar surface area (TPSA) is 240 Å². The van der Waals surface area contributed by atoms with E-state index in [0.29, 0.717) is 90.9 Å². The van der Waals surface area contributed by atoms with Crippen LogP contribution in [0, 0.1) is 47.3 Å². The molecule has 0 aromatic rings. The monoisotopic (exact) mass is 1260 g/mol. The standard InChI is InChI=1S/C56H102N14O10S4/c1-9-63-29-59(5)21-35-16-45(53-41(49(35)63)25-69-33-67(53)27-43-51-37(23-61(7)31-65(51)11-3)18-47(55(43)69)83(75,76)77)81(71,72)57-39-14-13-15-40(20-39)58-82(73,74)46-17-36-22-60(6)30-64(10-2)50(36)42-26-70-34-68(54(42)46)28-44-52-38(24-62(8)32-66(52)12-4)19-48(56(44)70)84(78,79)80/h35-58H,9-34H2,1-8H3,(H,75,76,77)(H,78,79,80). The molecule has 28 heteroatoms. The number of hydrogen-bond donors (Lipinski definition) is 4. The third kappa shape index (κ3) is 10.9. The fourth-order valence-corrected chi connectivity index (χ4v) is 28.7. The SMILES string of the molecule is CCN1CN(C)CC2CC(S(=O)(=O)O)C3C(CN4CN3CC3C5C(CC(S(=O)(=O)NC6CCCC(NS(=O)(=O)C7CC8CN(C)CN(CC)C8C8CN9CN(CC%10C%11C(CC(S(=O)(=O)O)C%109)CN(C)CN%11CC)C87)C6)C34)CN(C)CN5CC)C21. The van der Waals surface area contributed by atoms with Gasteiger partial charge in [-0.1, -0.05) is 34.1 Å². The molecule has 0 aromatic heterocycles. The predicted molar refractivity (Wildman–Crippen MR) is 321 cm³/mol. The lowest BCUT2D eigenvalue weighted by molar-refractivity contribution is -0.173. The van der Waals surface area contributed by atoms with Gasteiger partial charge < -0.3 is 0 Å². The molecule has 0 radical (unpaired) electrons. The van der Waals surface area contributed by atoms with Crippen LogP contribution < -0.4 is 9.44 Å². The van der Waals surface area contributed by atoms with Crippen molar-refractivity contribution in [2.75, 3.05) is 147 Å². The molecule has 0 aromatic carbocycles. The summed E-state index contributed by atoms with van der Waals surface area (Å²) in [5.74, 6) is -0.243. The van der Waals surface area contributed by atoms with E-state index in [9.17, 15) is 25.9 Å². The van der Waals surface area contributed by atoms with Crippen molar-refractivity contribution in [2.24, 2.45) is 47.3 Å². The van der Waals surface area contributed by atoms with Gasteiger partial charge in [0.1, 0.15) is 10.5 Å². The number of hydrogen-bond acceptors (Lipinski definition) is 20. The molecule has 8 heterocycles. The Kier molecular flexibility index (Phi) is 17.0. The Bertz CT molecular complexity index is 2700. The van der Waals surface area contributed by atoms with Gasteiger partial charge in [-0.05, 0) is 123 Å². The van der Waals surface area contributed by atoms with Gasteiger partial charge in [0.15, 0.2) is 0 Å². The van der Waals surface area contributed by atoms with Gasteiger partial charge in [0.05, 0.1) is 50.5 Å². The van der Waals surface area contributed by atoms with E-state index < -0.39 is 73.4 Å². The van der Waals surface area contributed by atoms with E-state index in [1.807, 2.05) is 0 Å². The average Bonchev–Trinajstić information content (AvgIpc) is 0.772. The van der Waals surface area contributed by atoms with Crippen molar-refractivity contribution in [3.8, 4) is 0 Å². The van der Waals surface area contributed by atoms with E-state index in [0.717, 1.165) is 79.0 Å². The van der Waals surface area contributed by atoms with Crippen molar-refractivity contribution < 1.29 is 42.8 Å². The van der Waals surface area contributed by atoms with Crippen molar-refractivity contribution in [2.45, 2.75) is 160 Å². The van der Waals surface area contributed by atoms with E-state index in [1.165, 1.54) is 0 Å². The average molecular weight is 1260 g/mol. The number of nitrogens with zero attached hydrogens (tertiary/aromatic N) is 12. The molecule has 84 heavy (non-hydrogen) atoms. The molecule has 5 saturated carbocycles. The fourth-order valence-electron chi connectivity index (χ4n) is 22.1. The van der Waals surface area contributed by atoms with Crippen molar-refractivity contribution in [1.29, 1.82) is 0 Å². The maximum Gasteiger partial charge on any atom is 0.269 e. The zero-order chi connectivity index (χ0) is 59.4. The zero-order valence-electron chi connectivity index (χ0n) is 51.2. The molecule has 13 rings (SSSR count). The van der Waals surface area contributed by atoms with Crippen LogP contribution in [0.15, 0.2) is 0 Å². The number of sulfonamides is 2. The van der Waals surface area contributed by atoms with Gasteiger partial charge in [-0.25, -0.2) is 26.3 Å². The maximum absolute atomic E-state index is 15.7. The van der Waals surface area contributed by atoms with Crippen LogP contribution in [0.1, 0.15) is 79.1 Å². The molecule has 8 saturated heterocycles. The van der Waals surface area contributed by atoms with Crippen molar-refractivity contribution >= 4 is 40.3 Å². The van der Waals surface area contributed by atoms with Gasteiger partial charge in [0, 0.05) is 136 Å². The second-order valence-electron chi connectivity index (χ2n) is 29.3. The third-order valence-electron chi connectivity index (χ3n) is 24.4. The van der Waals surface area contributed by atoms with E-state index in [4.69, 9.17) is 0 Å². The highest BCUT2D eigenvalue weighted by atomic mass is 32.2. The smallest absolute Gasteiger partial charge is 0.269 e. The van der Waals surface area contributed by atoms with Crippen LogP contribution >= 0.6 is 0 Å². The quantitative estimate of drug-likeness (QED) is 0.171. The van der Waals surface area contributed by atoms with Crippen LogP contribution in [0.5, 0.6) is 0 Å². The van der Waals surface area contributed by atoms with E-state index in [1.54, 1.807) is 0 Å². The molecule has 24 nitrogen and oxygen atoms in total. The number of nitrogens with one attached hydrogen (secondary N) is 2. The minimum atomic E-state index is -4.41. The van der Waals surface area contributed by atoms with Gasteiger partial charge in [0.25, 0.3) is 20.2 Å². The first kappa shape index (κ1) is 62.0. The van der Waals surface area contributed by atoms with Crippen LogP contribution in [-0.4, -0.2) is 330 Å². The summed E-state index contributed by atoms with van der Waals surface area (Å²) in [7, 11) is -8.52. The Morgan fingerprint density at radius 1 is 0.357 bits per heavy atom. The summed E-state index contributed by atoms with van der Waals surface area (Å²) in [5, 5.41) is -3.34. The van der Waals surface area contributed by atoms with Gasteiger partial charge in [-0.15, -0.1) is 0 Å². The molecule has 8 aliphatic heterocycles. The van der Waals surface area contributed by atoms with Crippen molar-refractivity contribution in [3.05, 3.63) is 0 Å². The van der Waals surface area contributed by atoms with Gasteiger partial charge >= 0.3 is 0 Å². The highest BCUT2D eigenvalue weighted by Gasteiger charge is 2.66. The van der Waals surface area contributed by atoms with Crippen LogP contribution in [0.3, 0.4) is 0 Å². The minimum absolute atomic E-state index is 0.0359. The lowest BCUT2D eigenvalue weighted by Crippen LogP contribution is -2.80. The van der Waals surface area contributed by atoms with E-state index in [-0.39, 0.29) is 95.7 Å². The summed E-state index contributed by atoms with van der Waals surface area (Å²) in [4.78, 5) is 28.5. The predicted octanol–water partition coefficient (Wildman–Crippen LogP) is -1.04. The second-order valence-corrected chi connectivity index (χ2v) is 36.5. The number of rotatable bonds is 12. The van der Waals surface area contributed by atoms with Crippen molar-refractivity contribution in [3.63, 3.8) is 0 Å². The van der Waals surface area contributed by atoms with Gasteiger partial charge in [-0.3, -0.25) is 67.9 Å². The maximum atomic E-state index is 15.7. The second kappa shape index (κ2) is 23.1. The van der Waals surface area contributed by atoms with Crippen molar-refractivity contribution in [1.82, 2.24) is 68.2 Å². The lowest BCUT2D eigenvalue weighted by atomic mass is 9.65.